The fourth-order valence-corrected chi connectivity index (χ4v) is 1.63. The molecule has 0 bridgehead atoms. The number of hydrogen-bond acceptors (Lipinski definition) is 2. The van der Waals surface area contributed by atoms with E-state index >= 15 is 0 Å². The zero-order chi connectivity index (χ0) is 8.97. The second-order valence-electron chi connectivity index (χ2n) is 3.08. The number of alkyl halides is 1. The number of hydrogen-bond donors (Lipinski definition) is 1. The van der Waals surface area contributed by atoms with Crippen molar-refractivity contribution in [3.05, 3.63) is 0 Å². The first kappa shape index (κ1) is 9.81. The smallest absolute Gasteiger partial charge is 0.329 e. The van der Waals surface area contributed by atoms with Crippen LogP contribution in [0.5, 0.6) is 0 Å². The van der Waals surface area contributed by atoms with Crippen molar-refractivity contribution in [1.29, 1.82) is 0 Å². The van der Waals surface area contributed by atoms with E-state index in [2.05, 4.69) is 0 Å². The van der Waals surface area contributed by atoms with Gasteiger partial charge in [0.05, 0.1) is 6.10 Å². The fourth-order valence-electron chi connectivity index (χ4n) is 1.38. The van der Waals surface area contributed by atoms with E-state index in [0.29, 0.717) is 0 Å². The molecule has 0 spiro atoms. The number of ether oxygens (including phenoxy) is 1. The van der Waals surface area contributed by atoms with Crippen molar-refractivity contribution < 1.29 is 14.6 Å². The van der Waals surface area contributed by atoms with E-state index in [0.717, 1.165) is 25.7 Å². The minimum atomic E-state index is -0.900. The molecule has 1 N–H and O–H groups in total. The topological polar surface area (TPSA) is 46.5 Å². The summed E-state index contributed by atoms with van der Waals surface area (Å²) in [6.45, 7) is -0.183. The van der Waals surface area contributed by atoms with Crippen molar-refractivity contribution in [1.82, 2.24) is 0 Å². The lowest BCUT2D eigenvalue weighted by Crippen LogP contribution is -2.24. The van der Waals surface area contributed by atoms with Crippen LogP contribution < -0.4 is 0 Å². The van der Waals surface area contributed by atoms with Gasteiger partial charge in [0.1, 0.15) is 6.61 Å². The quantitative estimate of drug-likeness (QED) is 0.692. The molecule has 0 radical (unpaired) electrons. The first-order valence-electron chi connectivity index (χ1n) is 4.16. The maximum atomic E-state index is 10.2. The lowest BCUT2D eigenvalue weighted by atomic mass is 9.97. The molecule has 0 aromatic carbocycles. The maximum Gasteiger partial charge on any atom is 0.329 e. The Morgan fingerprint density at radius 3 is 2.50 bits per heavy atom. The molecule has 0 atom stereocenters. The summed E-state index contributed by atoms with van der Waals surface area (Å²) in [4.78, 5) is 10.2. The molecule has 1 rings (SSSR count). The first-order chi connectivity index (χ1) is 5.68. The van der Waals surface area contributed by atoms with E-state index in [1.165, 1.54) is 0 Å². The second-order valence-corrected chi connectivity index (χ2v) is 3.70. The first-order valence-corrected chi connectivity index (χ1v) is 4.59. The summed E-state index contributed by atoms with van der Waals surface area (Å²) in [5.74, 6) is -0.900. The highest BCUT2D eigenvalue weighted by Crippen LogP contribution is 2.24. The standard InChI is InChI=1S/C8H13ClO3/c9-6-1-3-7(4-2-6)12-5-8(10)11/h6-7H,1-5H2,(H,10,11). The molecular formula is C8H13ClO3. The number of halogens is 1. The van der Waals surface area contributed by atoms with Gasteiger partial charge in [0, 0.05) is 5.38 Å². The van der Waals surface area contributed by atoms with Crippen LogP contribution in [0, 0.1) is 0 Å². The number of carbonyl (C=O) groups is 1. The molecule has 0 aromatic heterocycles. The van der Waals surface area contributed by atoms with E-state index in [1.807, 2.05) is 0 Å². The third kappa shape index (κ3) is 3.41. The molecule has 4 heteroatoms. The summed E-state index contributed by atoms with van der Waals surface area (Å²) in [5, 5.41) is 8.60. The minimum Gasteiger partial charge on any atom is -0.480 e. The Kier molecular flexibility index (Phi) is 3.82. The Bertz CT molecular complexity index is 152. The molecule has 12 heavy (non-hydrogen) atoms. The highest BCUT2D eigenvalue weighted by Gasteiger charge is 2.20. The summed E-state index contributed by atoms with van der Waals surface area (Å²) >= 11 is 5.87. The lowest BCUT2D eigenvalue weighted by molar-refractivity contribution is -0.144. The average Bonchev–Trinajstić information content (AvgIpc) is 2.03. The number of aliphatic carboxylic acids is 1. The van der Waals surface area contributed by atoms with Crippen LogP contribution in [-0.4, -0.2) is 29.2 Å². The van der Waals surface area contributed by atoms with E-state index in [1.54, 1.807) is 0 Å². The summed E-state index contributed by atoms with van der Waals surface area (Å²) in [5.41, 5.74) is 0. The maximum absolute atomic E-state index is 10.2. The molecule has 3 nitrogen and oxygen atoms in total. The molecule has 1 saturated carbocycles. The molecule has 1 aliphatic carbocycles. The Morgan fingerprint density at radius 2 is 2.00 bits per heavy atom. The van der Waals surface area contributed by atoms with Gasteiger partial charge in [-0.15, -0.1) is 11.6 Å². The van der Waals surface area contributed by atoms with Crippen LogP contribution in [0.4, 0.5) is 0 Å². The molecule has 0 aliphatic heterocycles. The van der Waals surface area contributed by atoms with Gasteiger partial charge in [-0.05, 0) is 25.7 Å². The largest absolute Gasteiger partial charge is 0.480 e. The van der Waals surface area contributed by atoms with Crippen LogP contribution >= 0.6 is 11.6 Å². The van der Waals surface area contributed by atoms with E-state index in [4.69, 9.17) is 21.4 Å². The summed E-state index contributed by atoms with van der Waals surface area (Å²) in [7, 11) is 0. The Labute approximate surface area is 76.7 Å². The number of carboxylic acid groups (broad SMARTS) is 1. The summed E-state index contributed by atoms with van der Waals surface area (Å²) in [6.07, 6.45) is 3.76. The highest BCUT2D eigenvalue weighted by molar-refractivity contribution is 6.20. The van der Waals surface area contributed by atoms with Crippen molar-refractivity contribution in [2.24, 2.45) is 0 Å². The zero-order valence-electron chi connectivity index (χ0n) is 6.83. The van der Waals surface area contributed by atoms with E-state index in [-0.39, 0.29) is 18.1 Å². The molecule has 70 valence electrons. The van der Waals surface area contributed by atoms with Crippen LogP contribution in [0.15, 0.2) is 0 Å². The number of carboxylic acids is 1. The third-order valence-corrected chi connectivity index (χ3v) is 2.48. The van der Waals surface area contributed by atoms with Gasteiger partial charge < -0.3 is 9.84 Å². The zero-order valence-corrected chi connectivity index (χ0v) is 7.59. The normalized spacial score (nSPS) is 30.1. The van der Waals surface area contributed by atoms with Crippen LogP contribution in [0.2, 0.25) is 0 Å². The Morgan fingerprint density at radius 1 is 1.42 bits per heavy atom. The predicted molar refractivity (Wildman–Crippen MR) is 45.5 cm³/mol. The molecule has 0 aromatic rings. The van der Waals surface area contributed by atoms with Crippen molar-refractivity contribution in [3.63, 3.8) is 0 Å². The fraction of sp³-hybridized carbons (Fsp3) is 0.875. The van der Waals surface area contributed by atoms with Gasteiger partial charge in [-0.3, -0.25) is 0 Å². The van der Waals surface area contributed by atoms with Crippen molar-refractivity contribution in [3.8, 4) is 0 Å². The van der Waals surface area contributed by atoms with Gasteiger partial charge in [-0.1, -0.05) is 0 Å². The SMILES string of the molecule is O=C(O)COC1CCC(Cl)CC1. The Hall–Kier alpha value is -0.280. The third-order valence-electron chi connectivity index (χ3n) is 2.05. The van der Waals surface area contributed by atoms with Gasteiger partial charge >= 0.3 is 5.97 Å². The van der Waals surface area contributed by atoms with Gasteiger partial charge in [0.25, 0.3) is 0 Å². The van der Waals surface area contributed by atoms with Crippen LogP contribution in [0.3, 0.4) is 0 Å². The van der Waals surface area contributed by atoms with E-state index in [9.17, 15) is 4.79 Å². The lowest BCUT2D eigenvalue weighted by Gasteiger charge is -2.24. The molecule has 1 fully saturated rings. The minimum absolute atomic E-state index is 0.107. The highest BCUT2D eigenvalue weighted by atomic mass is 35.5. The average molecular weight is 193 g/mol. The molecule has 1 aliphatic rings. The summed E-state index contributed by atoms with van der Waals surface area (Å²) in [6, 6.07) is 0. The van der Waals surface area contributed by atoms with Gasteiger partial charge in [0.15, 0.2) is 0 Å². The molecule has 0 heterocycles. The predicted octanol–water partition coefficient (Wildman–Crippen LogP) is 1.64. The van der Waals surface area contributed by atoms with Crippen LogP contribution in [-0.2, 0) is 9.53 Å². The van der Waals surface area contributed by atoms with Crippen molar-refractivity contribution in [2.45, 2.75) is 37.2 Å². The molecular weight excluding hydrogens is 180 g/mol. The monoisotopic (exact) mass is 192 g/mol. The second kappa shape index (κ2) is 4.67. The summed E-state index contributed by atoms with van der Waals surface area (Å²) < 4.78 is 5.13. The van der Waals surface area contributed by atoms with Crippen LogP contribution in [0.25, 0.3) is 0 Å². The Balaban J connectivity index is 2.13. The van der Waals surface area contributed by atoms with E-state index < -0.39 is 5.97 Å². The van der Waals surface area contributed by atoms with Crippen LogP contribution in [0.1, 0.15) is 25.7 Å². The molecule has 0 amide bonds. The van der Waals surface area contributed by atoms with Gasteiger partial charge in [0.2, 0.25) is 0 Å². The van der Waals surface area contributed by atoms with Gasteiger partial charge in [-0.25, -0.2) is 4.79 Å². The molecule has 0 saturated heterocycles. The number of rotatable bonds is 3. The van der Waals surface area contributed by atoms with Crippen molar-refractivity contribution in [2.75, 3.05) is 6.61 Å². The van der Waals surface area contributed by atoms with Gasteiger partial charge in [-0.2, -0.15) is 0 Å². The molecule has 0 unspecified atom stereocenters. The van der Waals surface area contributed by atoms with Crippen molar-refractivity contribution >= 4 is 17.6 Å².